The van der Waals surface area contributed by atoms with Crippen molar-refractivity contribution in [3.05, 3.63) is 78.0 Å². The number of carbonyl (C=O) groups is 1. The molecule has 4 bridgehead atoms. The van der Waals surface area contributed by atoms with Gasteiger partial charge in [-0.05, 0) is 43.7 Å². The lowest BCUT2D eigenvalue weighted by Crippen LogP contribution is -2.47. The molecule has 2 fully saturated rings. The number of ether oxygens (including phenoxy) is 2. The molecule has 0 radical (unpaired) electrons. The third kappa shape index (κ3) is 6.46. The van der Waals surface area contributed by atoms with Crippen LogP contribution in [0.5, 0.6) is 0 Å². The number of methoxy groups -OCH3 is 2. The first-order chi connectivity index (χ1) is 27.5. The highest BCUT2D eigenvalue weighted by atomic mass is 19.1. The first kappa shape index (κ1) is 36.8. The van der Waals surface area contributed by atoms with Gasteiger partial charge in [0.05, 0.1) is 53.1 Å². The lowest BCUT2D eigenvalue weighted by molar-refractivity contribution is -0.132. The number of pyridine rings is 1. The minimum Gasteiger partial charge on any atom is -0.378 e. The molecule has 9 rings (SSSR count). The van der Waals surface area contributed by atoms with E-state index in [1.165, 1.54) is 29.1 Å². The van der Waals surface area contributed by atoms with Gasteiger partial charge in [0, 0.05) is 71.2 Å². The average Bonchev–Trinajstić information content (AvgIpc) is 3.97. The Morgan fingerprint density at radius 1 is 0.912 bits per heavy atom. The Balaban J connectivity index is 1.18. The molecule has 2 saturated heterocycles. The molecule has 3 aliphatic heterocycles. The van der Waals surface area contributed by atoms with Crippen LogP contribution in [0.1, 0.15) is 12.2 Å². The van der Waals surface area contributed by atoms with Crippen molar-refractivity contribution in [3.8, 4) is 16.9 Å². The number of anilines is 3. The first-order valence-electron chi connectivity index (χ1n) is 18.7. The van der Waals surface area contributed by atoms with Crippen LogP contribution >= 0.6 is 0 Å². The van der Waals surface area contributed by atoms with E-state index in [9.17, 15) is 9.18 Å². The van der Waals surface area contributed by atoms with E-state index in [0.29, 0.717) is 72.2 Å². The van der Waals surface area contributed by atoms with Gasteiger partial charge in [0.15, 0.2) is 11.5 Å². The summed E-state index contributed by atoms with van der Waals surface area (Å²) in [6.07, 6.45) is 1.14. The van der Waals surface area contributed by atoms with E-state index in [-0.39, 0.29) is 47.9 Å². The molecule has 5 atom stereocenters. The zero-order valence-electron chi connectivity index (χ0n) is 31.7. The van der Waals surface area contributed by atoms with Crippen molar-refractivity contribution in [2.24, 2.45) is 5.73 Å². The lowest BCUT2D eigenvalue weighted by atomic mass is 10.1. The van der Waals surface area contributed by atoms with Crippen molar-refractivity contribution in [1.82, 2.24) is 39.2 Å². The van der Waals surface area contributed by atoms with Gasteiger partial charge in [-0.2, -0.15) is 15.1 Å². The minimum absolute atomic E-state index is 0.00641. The number of aromatic nitrogens is 7. The van der Waals surface area contributed by atoms with Crippen molar-refractivity contribution in [3.63, 3.8) is 0 Å². The standard InChI is InChI=1S/C39H41F3N12O3/c1-20-45-30-12-22(41)10-25-29-6-5-7-34(47-29)46-23-13-32(38(55)50(2)16-24(56-3)17-52(20)35(25)30)53(15-23)36-26-14-44-54(31-9-8-21(40)11-27(31)42)37(26)49-39(48-36)51-18-28(43)33(19-51)57-4/h5-12,14,23-24,28,32-33H,13,15-19,43H2,1-4H3,(H,46,47)/t23-,24-,28-,32-,33-/m0/s1. The number of aryl methyl sites for hydroxylation is 1. The number of likely N-dealkylation sites (N-methyl/N-ethyl adjacent to an activating group) is 1. The van der Waals surface area contributed by atoms with Gasteiger partial charge in [0.2, 0.25) is 11.9 Å². The van der Waals surface area contributed by atoms with Crippen LogP contribution in [-0.4, -0.2) is 123 Å². The summed E-state index contributed by atoms with van der Waals surface area (Å²) in [5.41, 5.74) is 9.02. The quantitative estimate of drug-likeness (QED) is 0.262. The largest absolute Gasteiger partial charge is 0.378 e. The van der Waals surface area contributed by atoms with Crippen LogP contribution in [0.2, 0.25) is 0 Å². The summed E-state index contributed by atoms with van der Waals surface area (Å²) in [5.74, 6) is -0.271. The molecule has 57 heavy (non-hydrogen) atoms. The molecule has 6 aromatic rings. The third-order valence-electron chi connectivity index (χ3n) is 11.2. The molecule has 3 aliphatic rings. The highest BCUT2D eigenvalue weighted by molar-refractivity contribution is 5.94. The Morgan fingerprint density at radius 2 is 1.75 bits per heavy atom. The van der Waals surface area contributed by atoms with E-state index in [1.54, 1.807) is 26.2 Å². The first-order valence-corrected chi connectivity index (χ1v) is 18.7. The number of halogens is 3. The molecule has 0 spiro atoms. The topological polar surface area (TPSA) is 158 Å². The van der Waals surface area contributed by atoms with Crippen molar-refractivity contribution in [2.75, 3.05) is 62.6 Å². The number of nitrogens with zero attached hydrogens (tertiary/aromatic N) is 10. The van der Waals surface area contributed by atoms with E-state index in [0.717, 1.165) is 17.6 Å². The predicted octanol–water partition coefficient (Wildman–Crippen LogP) is 3.66. The Kier molecular flexibility index (Phi) is 9.20. The molecule has 0 unspecified atom stereocenters. The minimum atomic E-state index is -0.822. The molecule has 1 amide bonds. The maximum atomic E-state index is 15.3. The normalized spacial score (nSPS) is 22.7. The van der Waals surface area contributed by atoms with Crippen LogP contribution in [0.3, 0.4) is 0 Å². The third-order valence-corrected chi connectivity index (χ3v) is 11.2. The number of nitrogens with two attached hydrogens (primary N) is 1. The number of benzene rings is 2. The second-order valence-electron chi connectivity index (χ2n) is 14.9. The van der Waals surface area contributed by atoms with Gasteiger partial charge >= 0.3 is 0 Å². The van der Waals surface area contributed by atoms with Gasteiger partial charge in [-0.3, -0.25) is 4.79 Å². The second kappa shape index (κ2) is 14.3. The molecular weight excluding hydrogens is 742 g/mol. The second-order valence-corrected chi connectivity index (χ2v) is 14.9. The summed E-state index contributed by atoms with van der Waals surface area (Å²) in [4.78, 5) is 39.8. The number of hydrogen-bond donors (Lipinski definition) is 2. The molecule has 4 aromatic heterocycles. The molecule has 296 valence electrons. The van der Waals surface area contributed by atoms with Crippen molar-refractivity contribution in [2.45, 2.75) is 50.2 Å². The number of imidazole rings is 1. The van der Waals surface area contributed by atoms with Crippen molar-refractivity contribution >= 4 is 45.6 Å². The summed E-state index contributed by atoms with van der Waals surface area (Å²) < 4.78 is 59.3. The molecule has 15 nitrogen and oxygen atoms in total. The van der Waals surface area contributed by atoms with Crippen LogP contribution in [0.25, 0.3) is 39.0 Å². The smallest absolute Gasteiger partial charge is 0.245 e. The highest BCUT2D eigenvalue weighted by Gasteiger charge is 2.42. The number of fused-ring (bicyclic) bond motifs is 6. The van der Waals surface area contributed by atoms with E-state index < -0.39 is 29.6 Å². The molecular formula is C39H41F3N12O3. The Morgan fingerprint density at radius 3 is 2.53 bits per heavy atom. The summed E-state index contributed by atoms with van der Waals surface area (Å²) >= 11 is 0. The molecule has 3 N–H and O–H groups in total. The fourth-order valence-corrected chi connectivity index (χ4v) is 8.40. The van der Waals surface area contributed by atoms with E-state index >= 15 is 8.78 Å². The van der Waals surface area contributed by atoms with Gasteiger partial charge in [-0.1, -0.05) is 6.07 Å². The zero-order valence-corrected chi connectivity index (χ0v) is 31.7. The summed E-state index contributed by atoms with van der Waals surface area (Å²) in [6.45, 7) is 3.51. The van der Waals surface area contributed by atoms with Crippen LogP contribution in [0.15, 0.2) is 54.7 Å². The maximum absolute atomic E-state index is 15.3. The fraction of sp³-hybridized carbons (Fsp3) is 0.385. The van der Waals surface area contributed by atoms with Gasteiger partial charge < -0.3 is 39.8 Å². The number of nitrogens with one attached hydrogen (secondary N) is 1. The van der Waals surface area contributed by atoms with Crippen LogP contribution < -0.4 is 20.9 Å². The molecule has 0 saturated carbocycles. The lowest BCUT2D eigenvalue weighted by Gasteiger charge is -2.31. The van der Waals surface area contributed by atoms with E-state index in [4.69, 9.17) is 30.2 Å². The molecule has 0 aliphatic carbocycles. The Hall–Kier alpha value is -5.85. The fourth-order valence-electron chi connectivity index (χ4n) is 8.40. The summed E-state index contributed by atoms with van der Waals surface area (Å²) in [6, 6.07) is 10.3. The number of hydrogen-bond acceptors (Lipinski definition) is 12. The number of rotatable bonds is 5. The summed E-state index contributed by atoms with van der Waals surface area (Å²) in [7, 11) is 4.93. The van der Waals surface area contributed by atoms with Crippen LogP contribution in [0.4, 0.5) is 30.8 Å². The number of carbonyl (C=O) groups excluding carboxylic acids is 1. The van der Waals surface area contributed by atoms with E-state index in [2.05, 4.69) is 15.4 Å². The van der Waals surface area contributed by atoms with Crippen LogP contribution in [0, 0.1) is 24.4 Å². The zero-order chi connectivity index (χ0) is 39.7. The van der Waals surface area contributed by atoms with Crippen molar-refractivity contribution in [1.29, 1.82) is 0 Å². The van der Waals surface area contributed by atoms with Gasteiger partial charge in [0.1, 0.15) is 40.8 Å². The average molecular weight is 783 g/mol. The molecule has 18 heteroatoms. The SMILES string of the molecule is CO[C@H]1CN(C)C(=O)[C@@H]2C[C@@H](CN2c2nc(N3C[C@H](OC)[C@@H](N)C3)nc3c2cnn3-c2ccc(F)cc2F)Nc2cccc(n2)-c2cc(F)cc3nc(C)n(c23)C1. The Labute approximate surface area is 325 Å². The van der Waals surface area contributed by atoms with Gasteiger partial charge in [0.25, 0.3) is 0 Å². The maximum Gasteiger partial charge on any atom is 0.245 e. The predicted molar refractivity (Wildman–Crippen MR) is 207 cm³/mol. The molecule has 2 aromatic carbocycles. The number of amides is 1. The summed E-state index contributed by atoms with van der Waals surface area (Å²) in [5, 5.41) is 8.50. The van der Waals surface area contributed by atoms with Crippen LogP contribution in [-0.2, 0) is 20.8 Å². The van der Waals surface area contributed by atoms with Gasteiger partial charge in [-0.15, -0.1) is 0 Å². The van der Waals surface area contributed by atoms with E-state index in [1.807, 2.05) is 39.5 Å². The highest BCUT2D eigenvalue weighted by Crippen LogP contribution is 2.37. The van der Waals surface area contributed by atoms with Crippen molar-refractivity contribution < 1.29 is 27.4 Å². The Bertz CT molecular complexity index is 2530. The monoisotopic (exact) mass is 782 g/mol. The molecule has 7 heterocycles. The van der Waals surface area contributed by atoms with Gasteiger partial charge in [-0.25, -0.2) is 27.8 Å².